The third kappa shape index (κ3) is 3.92. The molecular weight excluding hydrogens is 342 g/mol. The van der Waals surface area contributed by atoms with E-state index >= 15 is 0 Å². The Balaban J connectivity index is 1.81. The fourth-order valence-corrected chi connectivity index (χ4v) is 3.13. The predicted octanol–water partition coefficient (Wildman–Crippen LogP) is 4.24. The minimum absolute atomic E-state index is 0.00689. The first-order valence-electron chi connectivity index (χ1n) is 7.55. The first-order chi connectivity index (χ1) is 11.9. The van der Waals surface area contributed by atoms with Gasteiger partial charge in [-0.3, -0.25) is 20.2 Å². The number of fused-ring (bicyclic) bond motifs is 1. The van der Waals surface area contributed by atoms with Gasteiger partial charge in [0.15, 0.2) is 5.13 Å². The number of rotatable bonds is 5. The highest BCUT2D eigenvalue weighted by Crippen LogP contribution is 2.29. The van der Waals surface area contributed by atoms with Gasteiger partial charge in [0.05, 0.1) is 21.2 Å². The molecule has 3 rings (SSSR count). The molecule has 1 aromatic heterocycles. The van der Waals surface area contributed by atoms with Crippen LogP contribution in [0.2, 0.25) is 0 Å². The Hall–Kier alpha value is -3.00. The topological polar surface area (TPSA) is 94.4 Å². The van der Waals surface area contributed by atoms with Gasteiger partial charge in [-0.15, -0.1) is 0 Å². The Bertz CT molecular complexity index is 952. The maximum absolute atomic E-state index is 12.4. The number of nitro benzene ring substituents is 1. The van der Waals surface area contributed by atoms with Crippen LogP contribution in [0.5, 0.6) is 5.75 Å². The van der Waals surface area contributed by atoms with Gasteiger partial charge >= 0.3 is 0 Å². The third-order valence-corrected chi connectivity index (χ3v) is 4.20. The van der Waals surface area contributed by atoms with Crippen molar-refractivity contribution in [2.24, 2.45) is 0 Å². The van der Waals surface area contributed by atoms with Crippen molar-refractivity contribution in [1.82, 2.24) is 4.98 Å². The zero-order valence-electron chi connectivity index (χ0n) is 13.6. The Morgan fingerprint density at radius 3 is 2.80 bits per heavy atom. The van der Waals surface area contributed by atoms with Crippen molar-refractivity contribution in [3.05, 3.63) is 58.1 Å². The lowest BCUT2D eigenvalue weighted by Gasteiger charge is -2.10. The summed E-state index contributed by atoms with van der Waals surface area (Å²) in [6.45, 7) is 3.82. The third-order valence-electron chi connectivity index (χ3n) is 3.27. The summed E-state index contributed by atoms with van der Waals surface area (Å²) in [5, 5.41) is 13.9. The number of thiazole rings is 1. The quantitative estimate of drug-likeness (QED) is 0.544. The molecule has 1 amide bonds. The van der Waals surface area contributed by atoms with Gasteiger partial charge in [-0.25, -0.2) is 4.98 Å². The zero-order valence-corrected chi connectivity index (χ0v) is 14.4. The smallest absolute Gasteiger partial charge is 0.270 e. The molecular formula is C17H15N3O4S. The number of hydrogen-bond acceptors (Lipinski definition) is 6. The minimum atomic E-state index is -0.461. The highest BCUT2D eigenvalue weighted by atomic mass is 32.1. The van der Waals surface area contributed by atoms with Crippen LogP contribution in [0.25, 0.3) is 10.2 Å². The number of nitrogens with zero attached hydrogens (tertiary/aromatic N) is 2. The molecule has 0 atom stereocenters. The van der Waals surface area contributed by atoms with E-state index in [1.807, 2.05) is 13.8 Å². The van der Waals surface area contributed by atoms with Crippen LogP contribution in [0, 0.1) is 10.1 Å². The van der Waals surface area contributed by atoms with Gasteiger partial charge in [-0.05, 0) is 38.1 Å². The predicted molar refractivity (Wildman–Crippen MR) is 96.4 cm³/mol. The molecule has 0 radical (unpaired) electrons. The number of nitrogens with one attached hydrogen (secondary N) is 1. The van der Waals surface area contributed by atoms with Gasteiger partial charge in [-0.2, -0.15) is 0 Å². The van der Waals surface area contributed by atoms with E-state index in [1.165, 1.54) is 23.5 Å². The molecule has 128 valence electrons. The molecule has 0 fully saturated rings. The normalized spacial score (nSPS) is 10.8. The van der Waals surface area contributed by atoms with E-state index in [1.54, 1.807) is 30.3 Å². The van der Waals surface area contributed by atoms with Crippen molar-refractivity contribution < 1.29 is 14.5 Å². The van der Waals surface area contributed by atoms with Crippen LogP contribution in [0.15, 0.2) is 42.5 Å². The molecule has 0 saturated heterocycles. The largest absolute Gasteiger partial charge is 0.491 e. The van der Waals surface area contributed by atoms with Gasteiger partial charge in [0.2, 0.25) is 0 Å². The molecule has 0 aliphatic rings. The molecule has 2 aromatic carbocycles. The molecule has 1 heterocycles. The summed E-state index contributed by atoms with van der Waals surface area (Å²) < 4.78 is 6.22. The summed E-state index contributed by atoms with van der Waals surface area (Å²) >= 11 is 1.19. The van der Waals surface area contributed by atoms with E-state index < -0.39 is 4.92 Å². The van der Waals surface area contributed by atoms with Crippen molar-refractivity contribution in [1.29, 1.82) is 0 Å². The van der Waals surface area contributed by atoms with Crippen molar-refractivity contribution >= 4 is 38.3 Å². The second-order valence-corrected chi connectivity index (χ2v) is 6.61. The first-order valence-corrected chi connectivity index (χ1v) is 8.37. The zero-order chi connectivity index (χ0) is 18.0. The van der Waals surface area contributed by atoms with Gasteiger partial charge in [-0.1, -0.05) is 17.4 Å². The Morgan fingerprint density at radius 1 is 1.28 bits per heavy atom. The highest BCUT2D eigenvalue weighted by Gasteiger charge is 2.13. The number of aromatic nitrogens is 1. The SMILES string of the molecule is CC(C)Oc1cccc(C(=O)Nc2nc3ccc([N+](=O)[O-])cc3s2)c1. The monoisotopic (exact) mass is 357 g/mol. The fourth-order valence-electron chi connectivity index (χ4n) is 2.23. The molecule has 0 spiro atoms. The van der Waals surface area contributed by atoms with Gasteiger partial charge in [0.1, 0.15) is 5.75 Å². The van der Waals surface area contributed by atoms with Crippen molar-refractivity contribution in [3.63, 3.8) is 0 Å². The van der Waals surface area contributed by atoms with E-state index in [9.17, 15) is 14.9 Å². The van der Waals surface area contributed by atoms with Crippen LogP contribution >= 0.6 is 11.3 Å². The summed E-state index contributed by atoms with van der Waals surface area (Å²) in [6.07, 6.45) is 0.0124. The van der Waals surface area contributed by atoms with Gasteiger partial charge in [0, 0.05) is 17.7 Å². The van der Waals surface area contributed by atoms with Crippen LogP contribution in [-0.4, -0.2) is 21.9 Å². The summed E-state index contributed by atoms with van der Waals surface area (Å²) in [7, 11) is 0. The lowest BCUT2D eigenvalue weighted by Crippen LogP contribution is -2.12. The van der Waals surface area contributed by atoms with Crippen LogP contribution in [0.3, 0.4) is 0 Å². The van der Waals surface area contributed by atoms with E-state index in [0.717, 1.165) is 0 Å². The van der Waals surface area contributed by atoms with Crippen LogP contribution in [-0.2, 0) is 0 Å². The Kier molecular flexibility index (Phi) is 4.62. The molecule has 7 nitrogen and oxygen atoms in total. The number of non-ortho nitro benzene ring substituents is 1. The van der Waals surface area contributed by atoms with Gasteiger partial charge < -0.3 is 4.74 Å². The van der Waals surface area contributed by atoms with Crippen molar-refractivity contribution in [2.75, 3.05) is 5.32 Å². The number of benzene rings is 2. The lowest BCUT2D eigenvalue weighted by atomic mass is 10.2. The molecule has 0 saturated carbocycles. The van der Waals surface area contributed by atoms with Crippen LogP contribution in [0.4, 0.5) is 10.8 Å². The fraction of sp³-hybridized carbons (Fsp3) is 0.176. The molecule has 0 unspecified atom stereocenters. The molecule has 25 heavy (non-hydrogen) atoms. The Labute approximate surface area is 147 Å². The highest BCUT2D eigenvalue weighted by molar-refractivity contribution is 7.22. The molecule has 3 aromatic rings. The van der Waals surface area contributed by atoms with Crippen molar-refractivity contribution in [3.8, 4) is 5.75 Å². The summed E-state index contributed by atoms with van der Waals surface area (Å²) in [5.74, 6) is 0.297. The minimum Gasteiger partial charge on any atom is -0.491 e. The molecule has 0 aliphatic carbocycles. The first kappa shape index (κ1) is 16.8. The standard InChI is InChI=1S/C17H15N3O4S/c1-10(2)24-13-5-3-4-11(8-13)16(21)19-17-18-14-7-6-12(20(22)23)9-15(14)25-17/h3-10H,1-2H3,(H,18,19,21). The van der Waals surface area contributed by atoms with Crippen LogP contribution in [0.1, 0.15) is 24.2 Å². The molecule has 1 N–H and O–H groups in total. The summed E-state index contributed by atoms with van der Waals surface area (Å²) in [5.41, 5.74) is 1.04. The lowest BCUT2D eigenvalue weighted by molar-refractivity contribution is -0.384. The second kappa shape index (κ2) is 6.86. The number of carbonyl (C=O) groups excluding carboxylic acids is 1. The second-order valence-electron chi connectivity index (χ2n) is 5.58. The number of carbonyl (C=O) groups is 1. The maximum atomic E-state index is 12.4. The van der Waals surface area contributed by atoms with Crippen LogP contribution < -0.4 is 10.1 Å². The Morgan fingerprint density at radius 2 is 2.08 bits per heavy atom. The number of hydrogen-bond donors (Lipinski definition) is 1. The number of amides is 1. The average molecular weight is 357 g/mol. The number of ether oxygens (including phenoxy) is 1. The van der Waals surface area contributed by atoms with E-state index in [-0.39, 0.29) is 17.7 Å². The maximum Gasteiger partial charge on any atom is 0.270 e. The molecule has 0 aliphatic heterocycles. The van der Waals surface area contributed by atoms with E-state index in [2.05, 4.69) is 10.3 Å². The van der Waals surface area contributed by atoms with E-state index in [0.29, 0.717) is 26.7 Å². The average Bonchev–Trinajstić information content (AvgIpc) is 2.95. The van der Waals surface area contributed by atoms with Gasteiger partial charge in [0.25, 0.3) is 11.6 Å². The molecule has 0 bridgehead atoms. The van der Waals surface area contributed by atoms with E-state index in [4.69, 9.17) is 4.74 Å². The number of anilines is 1. The van der Waals surface area contributed by atoms with Crippen molar-refractivity contribution in [2.45, 2.75) is 20.0 Å². The summed E-state index contributed by atoms with van der Waals surface area (Å²) in [4.78, 5) is 27.0. The summed E-state index contributed by atoms with van der Waals surface area (Å²) in [6, 6.07) is 11.3. The molecule has 8 heteroatoms. The number of nitro groups is 1.